The van der Waals surface area contributed by atoms with Gasteiger partial charge in [0.05, 0.1) is 6.42 Å². The normalized spacial score (nSPS) is 17.6. The van der Waals surface area contributed by atoms with Crippen LogP contribution < -0.4 is 0 Å². The second kappa shape index (κ2) is 8.59. The fourth-order valence-corrected chi connectivity index (χ4v) is 3.31. The number of benzene rings is 1. The smallest absolute Gasteiger partial charge is 0.320 e. The molecule has 1 aromatic rings. The Hall–Kier alpha value is -1.72. The van der Waals surface area contributed by atoms with Crippen molar-refractivity contribution in [3.63, 3.8) is 0 Å². The molecule has 1 aliphatic heterocycles. The van der Waals surface area contributed by atoms with E-state index in [1.54, 1.807) is 28.0 Å². The number of hydrogen-bond acceptors (Lipinski definition) is 2. The second-order valence-electron chi connectivity index (χ2n) is 6.55. The Bertz CT molecular complexity index is 687. The van der Waals surface area contributed by atoms with E-state index in [4.69, 9.17) is 28.3 Å². The second-order valence-corrected chi connectivity index (χ2v) is 7.39. The average Bonchev–Trinajstić information content (AvgIpc) is 2.50. The van der Waals surface area contributed by atoms with E-state index in [1.165, 1.54) is 0 Å². The van der Waals surface area contributed by atoms with Crippen molar-refractivity contribution < 1.29 is 14.7 Å². The van der Waals surface area contributed by atoms with Gasteiger partial charge in [-0.1, -0.05) is 40.9 Å². The van der Waals surface area contributed by atoms with Crippen LogP contribution in [0, 0.1) is 5.92 Å². The highest BCUT2D eigenvalue weighted by atomic mass is 35.5. The first kappa shape index (κ1) is 19.6. The molecule has 1 atom stereocenters. The van der Waals surface area contributed by atoms with Crippen LogP contribution in [-0.4, -0.2) is 46.5 Å². The van der Waals surface area contributed by atoms with E-state index in [0.29, 0.717) is 36.2 Å². The van der Waals surface area contributed by atoms with E-state index >= 15 is 0 Å². The molecule has 1 aromatic carbocycles. The molecule has 1 saturated heterocycles. The zero-order chi connectivity index (χ0) is 18.6. The van der Waals surface area contributed by atoms with Crippen molar-refractivity contribution in [2.45, 2.75) is 26.8 Å². The van der Waals surface area contributed by atoms with Gasteiger partial charge in [-0.15, -0.1) is 0 Å². The Morgan fingerprint density at radius 1 is 1.28 bits per heavy atom. The van der Waals surface area contributed by atoms with Crippen LogP contribution in [0.5, 0.6) is 0 Å². The molecule has 0 bridgehead atoms. The third-order valence-corrected chi connectivity index (χ3v) is 4.64. The van der Waals surface area contributed by atoms with Gasteiger partial charge in [-0.2, -0.15) is 0 Å². The molecule has 1 heterocycles. The lowest BCUT2D eigenvalue weighted by Gasteiger charge is -2.39. The summed E-state index contributed by atoms with van der Waals surface area (Å²) in [6.45, 7) is 5.58. The first-order valence-corrected chi connectivity index (χ1v) is 8.84. The topological polar surface area (TPSA) is 60.9 Å². The van der Waals surface area contributed by atoms with Crippen LogP contribution in [-0.2, 0) is 11.3 Å². The molecule has 0 spiro atoms. The SMILES string of the molecule is CC(C)=CCN1CC(CC(=O)O)CN(Cc2ccc(Cl)cc2Cl)C1=O. The van der Waals surface area contributed by atoms with Crippen LogP contribution in [0.15, 0.2) is 29.8 Å². The van der Waals surface area contributed by atoms with Crippen molar-refractivity contribution in [2.24, 2.45) is 5.92 Å². The predicted octanol–water partition coefficient (Wildman–Crippen LogP) is 4.29. The molecule has 0 saturated carbocycles. The molecular weight excluding hydrogens is 363 g/mol. The van der Waals surface area contributed by atoms with E-state index in [9.17, 15) is 9.59 Å². The molecule has 5 nitrogen and oxygen atoms in total. The Morgan fingerprint density at radius 3 is 2.56 bits per heavy atom. The van der Waals surface area contributed by atoms with Crippen LogP contribution in [0.4, 0.5) is 4.79 Å². The molecule has 136 valence electrons. The number of aliphatic carboxylic acids is 1. The van der Waals surface area contributed by atoms with E-state index in [-0.39, 0.29) is 18.4 Å². The molecule has 0 aromatic heterocycles. The van der Waals surface area contributed by atoms with Gasteiger partial charge < -0.3 is 14.9 Å². The fourth-order valence-electron chi connectivity index (χ4n) is 2.85. The van der Waals surface area contributed by atoms with Gasteiger partial charge in [-0.05, 0) is 31.5 Å². The summed E-state index contributed by atoms with van der Waals surface area (Å²) in [5.41, 5.74) is 1.90. The van der Waals surface area contributed by atoms with Crippen LogP contribution in [0.1, 0.15) is 25.8 Å². The lowest BCUT2D eigenvalue weighted by Crippen LogP contribution is -2.53. The maximum Gasteiger partial charge on any atom is 0.320 e. The number of carbonyl (C=O) groups is 2. The number of allylic oxidation sites excluding steroid dienone is 1. The monoisotopic (exact) mass is 384 g/mol. The first-order valence-electron chi connectivity index (χ1n) is 8.09. The number of urea groups is 1. The average molecular weight is 385 g/mol. The van der Waals surface area contributed by atoms with Crippen molar-refractivity contribution in [1.29, 1.82) is 0 Å². The number of halogens is 2. The minimum absolute atomic E-state index is 0.0312. The molecule has 1 aliphatic rings. The number of rotatable bonds is 6. The maximum absolute atomic E-state index is 12.8. The Balaban J connectivity index is 2.19. The van der Waals surface area contributed by atoms with E-state index in [2.05, 4.69) is 0 Å². The molecular formula is C18H22Cl2N2O3. The number of carbonyl (C=O) groups excluding carboxylic acids is 1. The summed E-state index contributed by atoms with van der Waals surface area (Å²) in [7, 11) is 0. The minimum Gasteiger partial charge on any atom is -0.481 e. The predicted molar refractivity (Wildman–Crippen MR) is 99.0 cm³/mol. The van der Waals surface area contributed by atoms with Gasteiger partial charge in [0.15, 0.2) is 0 Å². The number of carboxylic acids is 1. The zero-order valence-corrected chi connectivity index (χ0v) is 15.8. The first-order chi connectivity index (χ1) is 11.8. The summed E-state index contributed by atoms with van der Waals surface area (Å²) in [5.74, 6) is -0.974. The van der Waals surface area contributed by atoms with Gasteiger partial charge in [-0.25, -0.2) is 4.79 Å². The van der Waals surface area contributed by atoms with Gasteiger partial charge in [0.1, 0.15) is 0 Å². The minimum atomic E-state index is -0.856. The van der Waals surface area contributed by atoms with E-state index < -0.39 is 5.97 Å². The highest BCUT2D eigenvalue weighted by Gasteiger charge is 2.32. The summed E-state index contributed by atoms with van der Waals surface area (Å²) in [6.07, 6.45) is 2.00. The largest absolute Gasteiger partial charge is 0.481 e. The Labute approximate surface area is 157 Å². The van der Waals surface area contributed by atoms with Crippen molar-refractivity contribution in [1.82, 2.24) is 9.80 Å². The number of carboxylic acid groups (broad SMARTS) is 1. The van der Waals surface area contributed by atoms with Crippen molar-refractivity contribution in [3.8, 4) is 0 Å². The van der Waals surface area contributed by atoms with Gasteiger partial charge in [-0.3, -0.25) is 4.79 Å². The Kier molecular flexibility index (Phi) is 6.73. The molecule has 1 N–H and O–H groups in total. The number of hydrogen-bond donors (Lipinski definition) is 1. The van der Waals surface area contributed by atoms with Crippen LogP contribution in [0.25, 0.3) is 0 Å². The molecule has 7 heteroatoms. The van der Waals surface area contributed by atoms with Crippen molar-refractivity contribution in [2.75, 3.05) is 19.6 Å². The summed E-state index contributed by atoms with van der Waals surface area (Å²) in [4.78, 5) is 27.2. The quantitative estimate of drug-likeness (QED) is 0.744. The maximum atomic E-state index is 12.8. The third kappa shape index (κ3) is 5.65. The van der Waals surface area contributed by atoms with Crippen molar-refractivity contribution in [3.05, 3.63) is 45.5 Å². The van der Waals surface area contributed by atoms with Crippen LogP contribution >= 0.6 is 23.2 Å². The van der Waals surface area contributed by atoms with Gasteiger partial charge in [0, 0.05) is 42.1 Å². The highest BCUT2D eigenvalue weighted by molar-refractivity contribution is 6.35. The Morgan fingerprint density at radius 2 is 1.96 bits per heavy atom. The van der Waals surface area contributed by atoms with Gasteiger partial charge in [0.25, 0.3) is 0 Å². The lowest BCUT2D eigenvalue weighted by atomic mass is 10.0. The fraction of sp³-hybridized carbons (Fsp3) is 0.444. The zero-order valence-electron chi connectivity index (χ0n) is 14.3. The third-order valence-electron chi connectivity index (χ3n) is 4.06. The highest BCUT2D eigenvalue weighted by Crippen LogP contribution is 2.25. The summed E-state index contributed by atoms with van der Waals surface area (Å²) < 4.78 is 0. The van der Waals surface area contributed by atoms with Crippen LogP contribution in [0.3, 0.4) is 0 Å². The molecule has 2 amide bonds. The number of nitrogens with zero attached hydrogens (tertiary/aromatic N) is 2. The summed E-state index contributed by atoms with van der Waals surface area (Å²) >= 11 is 12.1. The van der Waals surface area contributed by atoms with E-state index in [0.717, 1.165) is 11.1 Å². The van der Waals surface area contributed by atoms with Gasteiger partial charge in [0.2, 0.25) is 0 Å². The van der Waals surface area contributed by atoms with Crippen molar-refractivity contribution >= 4 is 35.2 Å². The molecule has 1 unspecified atom stereocenters. The number of amides is 2. The molecule has 2 rings (SSSR count). The van der Waals surface area contributed by atoms with E-state index in [1.807, 2.05) is 19.9 Å². The molecule has 0 aliphatic carbocycles. The lowest BCUT2D eigenvalue weighted by molar-refractivity contribution is -0.138. The summed E-state index contributed by atoms with van der Waals surface area (Å²) in [5, 5.41) is 10.1. The standard InChI is InChI=1S/C18H22Cl2N2O3/c1-12(2)5-6-21-9-13(7-17(23)24)10-22(18(21)25)11-14-3-4-15(19)8-16(14)20/h3-5,8,13H,6-7,9-11H2,1-2H3,(H,23,24). The molecule has 25 heavy (non-hydrogen) atoms. The summed E-state index contributed by atoms with van der Waals surface area (Å²) in [6, 6.07) is 5.05. The molecule has 0 radical (unpaired) electrons. The molecule has 1 fully saturated rings. The van der Waals surface area contributed by atoms with Crippen LogP contribution in [0.2, 0.25) is 10.0 Å². The van der Waals surface area contributed by atoms with Gasteiger partial charge >= 0.3 is 12.0 Å².